The monoisotopic (exact) mass is 315 g/mol. The lowest BCUT2D eigenvalue weighted by Gasteiger charge is -2.23. The van der Waals surface area contributed by atoms with E-state index in [1.807, 2.05) is 0 Å². The standard InChI is InChI=1S/C15H22ClNO4/c1-15(2,3)21-14(19)17-11(9-20-4)7-10-8-12(18)5-6-13(10)16/h5-6,8,11,18H,7,9H2,1-4H3,(H,17,19)/t11-/m0/s1. The average Bonchev–Trinajstić information content (AvgIpc) is 2.31. The Kier molecular flexibility index (Phi) is 6.30. The van der Waals surface area contributed by atoms with Gasteiger partial charge in [-0.25, -0.2) is 4.79 Å². The van der Waals surface area contributed by atoms with Crippen molar-refractivity contribution >= 4 is 17.7 Å². The van der Waals surface area contributed by atoms with Crippen molar-refractivity contribution in [3.63, 3.8) is 0 Å². The van der Waals surface area contributed by atoms with Gasteiger partial charge in [0.2, 0.25) is 0 Å². The number of rotatable bonds is 5. The van der Waals surface area contributed by atoms with Crippen molar-refractivity contribution in [3.05, 3.63) is 28.8 Å². The van der Waals surface area contributed by atoms with Gasteiger partial charge in [0.15, 0.2) is 0 Å². The van der Waals surface area contributed by atoms with Gasteiger partial charge < -0.3 is 19.9 Å². The highest BCUT2D eigenvalue weighted by Gasteiger charge is 2.20. The molecule has 118 valence electrons. The zero-order valence-electron chi connectivity index (χ0n) is 12.8. The summed E-state index contributed by atoms with van der Waals surface area (Å²) in [6.45, 7) is 5.70. The maximum atomic E-state index is 11.8. The summed E-state index contributed by atoms with van der Waals surface area (Å²) in [5.74, 6) is 0.128. The Morgan fingerprint density at radius 1 is 1.43 bits per heavy atom. The van der Waals surface area contributed by atoms with Gasteiger partial charge in [0.1, 0.15) is 11.4 Å². The maximum absolute atomic E-state index is 11.8. The first-order valence-corrected chi connectivity index (χ1v) is 7.05. The lowest BCUT2D eigenvalue weighted by Crippen LogP contribution is -2.42. The Morgan fingerprint density at radius 3 is 2.67 bits per heavy atom. The molecule has 0 aliphatic carbocycles. The molecule has 1 aromatic rings. The van der Waals surface area contributed by atoms with Gasteiger partial charge in [-0.1, -0.05) is 11.6 Å². The summed E-state index contributed by atoms with van der Waals surface area (Å²) in [5, 5.41) is 12.8. The van der Waals surface area contributed by atoms with Crippen molar-refractivity contribution in [2.24, 2.45) is 0 Å². The lowest BCUT2D eigenvalue weighted by molar-refractivity contribution is 0.0469. The summed E-state index contributed by atoms with van der Waals surface area (Å²) in [5.41, 5.74) is 0.166. The van der Waals surface area contributed by atoms with Crippen molar-refractivity contribution in [3.8, 4) is 5.75 Å². The SMILES string of the molecule is COC[C@H](Cc1cc(O)ccc1Cl)NC(=O)OC(C)(C)C. The van der Waals surface area contributed by atoms with E-state index in [4.69, 9.17) is 21.1 Å². The molecule has 0 aliphatic rings. The van der Waals surface area contributed by atoms with Gasteiger partial charge in [0.25, 0.3) is 0 Å². The number of carbonyl (C=O) groups is 1. The van der Waals surface area contributed by atoms with Crippen LogP contribution in [-0.4, -0.2) is 36.6 Å². The molecule has 21 heavy (non-hydrogen) atoms. The number of halogens is 1. The molecule has 1 amide bonds. The Morgan fingerprint density at radius 2 is 2.10 bits per heavy atom. The molecular weight excluding hydrogens is 294 g/mol. The van der Waals surface area contributed by atoms with E-state index < -0.39 is 11.7 Å². The largest absolute Gasteiger partial charge is 0.508 e. The number of methoxy groups -OCH3 is 1. The highest BCUT2D eigenvalue weighted by atomic mass is 35.5. The Hall–Kier alpha value is -1.46. The fraction of sp³-hybridized carbons (Fsp3) is 0.533. The number of carbonyl (C=O) groups excluding carboxylic acids is 1. The number of ether oxygens (including phenoxy) is 2. The van der Waals surface area contributed by atoms with Gasteiger partial charge in [0, 0.05) is 12.1 Å². The number of phenols is 1. The lowest BCUT2D eigenvalue weighted by atomic mass is 10.1. The molecule has 0 radical (unpaired) electrons. The third-order valence-electron chi connectivity index (χ3n) is 2.58. The molecular formula is C15H22ClNO4. The summed E-state index contributed by atoms with van der Waals surface area (Å²) >= 11 is 6.09. The summed E-state index contributed by atoms with van der Waals surface area (Å²) in [6.07, 6.45) is -0.0823. The van der Waals surface area contributed by atoms with E-state index in [0.29, 0.717) is 18.1 Å². The highest BCUT2D eigenvalue weighted by molar-refractivity contribution is 6.31. The van der Waals surface area contributed by atoms with Crippen LogP contribution < -0.4 is 5.32 Å². The number of hydrogen-bond donors (Lipinski definition) is 2. The van der Waals surface area contributed by atoms with Crippen LogP contribution >= 0.6 is 11.6 Å². The van der Waals surface area contributed by atoms with E-state index >= 15 is 0 Å². The molecule has 0 aromatic heterocycles. The summed E-state index contributed by atoms with van der Waals surface area (Å²) < 4.78 is 10.3. The molecule has 0 saturated heterocycles. The minimum atomic E-state index is -0.565. The number of benzene rings is 1. The maximum Gasteiger partial charge on any atom is 0.407 e. The average molecular weight is 316 g/mol. The molecule has 1 aromatic carbocycles. The first-order valence-electron chi connectivity index (χ1n) is 6.67. The van der Waals surface area contributed by atoms with Crippen LogP contribution in [0, 0.1) is 0 Å². The highest BCUT2D eigenvalue weighted by Crippen LogP contribution is 2.22. The van der Waals surface area contributed by atoms with Crippen LogP contribution in [0.3, 0.4) is 0 Å². The van der Waals surface area contributed by atoms with E-state index in [2.05, 4.69) is 5.32 Å². The molecule has 0 saturated carbocycles. The normalized spacial score (nSPS) is 12.8. The van der Waals surface area contributed by atoms with Crippen molar-refractivity contribution in [1.29, 1.82) is 0 Å². The van der Waals surface area contributed by atoms with Crippen molar-refractivity contribution in [1.82, 2.24) is 5.32 Å². The second-order valence-electron chi connectivity index (χ2n) is 5.78. The van der Waals surface area contributed by atoms with Crippen LogP contribution in [0.15, 0.2) is 18.2 Å². The predicted octanol–water partition coefficient (Wildman–Crippen LogP) is 3.13. The van der Waals surface area contributed by atoms with Crippen LogP contribution in [0.4, 0.5) is 4.79 Å². The molecule has 5 nitrogen and oxygen atoms in total. The van der Waals surface area contributed by atoms with E-state index in [1.54, 1.807) is 40.0 Å². The van der Waals surface area contributed by atoms with Gasteiger partial charge in [0.05, 0.1) is 12.6 Å². The minimum Gasteiger partial charge on any atom is -0.508 e. The summed E-state index contributed by atoms with van der Waals surface area (Å²) in [7, 11) is 1.55. The molecule has 0 spiro atoms. The van der Waals surface area contributed by atoms with Crippen molar-refractivity contribution in [2.45, 2.75) is 38.8 Å². The Balaban J connectivity index is 2.73. The van der Waals surface area contributed by atoms with Crippen molar-refractivity contribution in [2.75, 3.05) is 13.7 Å². The smallest absolute Gasteiger partial charge is 0.407 e. The van der Waals surface area contributed by atoms with Crippen molar-refractivity contribution < 1.29 is 19.4 Å². The van der Waals surface area contributed by atoms with Gasteiger partial charge in [-0.2, -0.15) is 0 Å². The number of nitrogens with one attached hydrogen (secondary N) is 1. The number of phenolic OH excluding ortho intramolecular Hbond substituents is 1. The molecule has 0 fully saturated rings. The quantitative estimate of drug-likeness (QED) is 0.876. The van der Waals surface area contributed by atoms with Gasteiger partial charge in [-0.3, -0.25) is 0 Å². The van der Waals surface area contributed by atoms with Gasteiger partial charge >= 0.3 is 6.09 Å². The van der Waals surface area contributed by atoms with Crippen LogP contribution in [0.1, 0.15) is 26.3 Å². The second-order valence-corrected chi connectivity index (χ2v) is 6.19. The molecule has 0 unspecified atom stereocenters. The van der Waals surface area contributed by atoms with Crippen LogP contribution in [0.2, 0.25) is 5.02 Å². The Bertz CT molecular complexity index is 485. The van der Waals surface area contributed by atoms with E-state index in [9.17, 15) is 9.90 Å². The zero-order chi connectivity index (χ0) is 16.0. The van der Waals surface area contributed by atoms with Crippen LogP contribution in [-0.2, 0) is 15.9 Å². The number of aromatic hydroxyl groups is 1. The third kappa shape index (κ3) is 6.69. The molecule has 1 rings (SSSR count). The van der Waals surface area contributed by atoms with E-state index in [1.165, 1.54) is 6.07 Å². The van der Waals surface area contributed by atoms with E-state index in [0.717, 1.165) is 5.56 Å². The molecule has 1 atom stereocenters. The zero-order valence-corrected chi connectivity index (χ0v) is 13.5. The molecule has 0 aliphatic heterocycles. The third-order valence-corrected chi connectivity index (χ3v) is 2.95. The summed E-state index contributed by atoms with van der Waals surface area (Å²) in [4.78, 5) is 11.8. The minimum absolute atomic E-state index is 0.128. The second kappa shape index (κ2) is 7.52. The predicted molar refractivity (Wildman–Crippen MR) is 81.9 cm³/mol. The fourth-order valence-electron chi connectivity index (χ4n) is 1.81. The number of alkyl carbamates (subject to hydrolysis) is 1. The van der Waals surface area contributed by atoms with E-state index in [-0.39, 0.29) is 11.8 Å². The molecule has 6 heteroatoms. The van der Waals surface area contributed by atoms with Crippen LogP contribution in [0.5, 0.6) is 5.75 Å². The Labute approximate surface area is 130 Å². The molecule has 0 heterocycles. The topological polar surface area (TPSA) is 67.8 Å². The van der Waals surface area contributed by atoms with Gasteiger partial charge in [-0.15, -0.1) is 0 Å². The van der Waals surface area contributed by atoms with Crippen LogP contribution in [0.25, 0.3) is 0 Å². The van der Waals surface area contributed by atoms with Gasteiger partial charge in [-0.05, 0) is 51.0 Å². The fourth-order valence-corrected chi connectivity index (χ4v) is 2.00. The molecule has 0 bridgehead atoms. The first-order chi connectivity index (χ1) is 9.71. The summed E-state index contributed by atoms with van der Waals surface area (Å²) in [6, 6.07) is 4.40. The number of amides is 1. The number of hydrogen-bond acceptors (Lipinski definition) is 4. The molecule has 2 N–H and O–H groups in total. The first kappa shape index (κ1) is 17.6.